The lowest BCUT2D eigenvalue weighted by molar-refractivity contribution is -0.115. The molecule has 28 heavy (non-hydrogen) atoms. The zero-order valence-electron chi connectivity index (χ0n) is 16.1. The lowest BCUT2D eigenvalue weighted by Crippen LogP contribution is -2.19. The zero-order valence-corrected chi connectivity index (χ0v) is 17.7. The summed E-state index contributed by atoms with van der Waals surface area (Å²) in [5, 5.41) is 3.80. The molecule has 1 aliphatic heterocycles. The molecule has 0 radical (unpaired) electrons. The van der Waals surface area contributed by atoms with Crippen LogP contribution in [-0.4, -0.2) is 24.8 Å². The molecule has 1 aliphatic rings. The topological polar surface area (TPSA) is 59.9 Å². The van der Waals surface area contributed by atoms with Crippen molar-refractivity contribution in [2.75, 3.05) is 13.7 Å². The Hall–Kier alpha value is -2.44. The van der Waals surface area contributed by atoms with Gasteiger partial charge in [0.2, 0.25) is 0 Å². The van der Waals surface area contributed by atoms with Gasteiger partial charge in [0.1, 0.15) is 0 Å². The van der Waals surface area contributed by atoms with E-state index in [0.717, 1.165) is 22.4 Å². The van der Waals surface area contributed by atoms with E-state index < -0.39 is 0 Å². The van der Waals surface area contributed by atoms with E-state index in [1.54, 1.807) is 25.3 Å². The fourth-order valence-electron chi connectivity index (χ4n) is 2.85. The standard InChI is InChI=1S/C21H21ClN2O3S/c1-5-27-16-10-14(9-15(22)19(16)26-4)11-17-20(25)24-21(28-17)23-18-12(2)7-6-8-13(18)3/h6-11H,5H2,1-4H3,(H,23,24,25). The number of nitrogens with zero attached hydrogens (tertiary/aromatic N) is 1. The number of ether oxygens (including phenoxy) is 2. The predicted octanol–water partition coefficient (Wildman–Crippen LogP) is 5.26. The fourth-order valence-corrected chi connectivity index (χ4v) is 3.97. The monoisotopic (exact) mass is 416 g/mol. The number of para-hydroxylation sites is 1. The van der Waals surface area contributed by atoms with E-state index in [1.807, 2.05) is 39.0 Å². The summed E-state index contributed by atoms with van der Waals surface area (Å²) in [7, 11) is 1.54. The van der Waals surface area contributed by atoms with Crippen LogP contribution in [0.5, 0.6) is 11.5 Å². The number of halogens is 1. The number of hydrogen-bond acceptors (Lipinski definition) is 5. The second-order valence-electron chi connectivity index (χ2n) is 6.19. The van der Waals surface area contributed by atoms with E-state index in [1.165, 1.54) is 11.8 Å². The van der Waals surface area contributed by atoms with Crippen LogP contribution >= 0.6 is 23.4 Å². The van der Waals surface area contributed by atoms with E-state index >= 15 is 0 Å². The third-order valence-corrected chi connectivity index (χ3v) is 5.33. The van der Waals surface area contributed by atoms with Gasteiger partial charge in [-0.1, -0.05) is 29.8 Å². The second-order valence-corrected chi connectivity index (χ2v) is 7.63. The summed E-state index contributed by atoms with van der Waals surface area (Å²) in [5.74, 6) is 0.823. The van der Waals surface area contributed by atoms with E-state index in [0.29, 0.717) is 33.2 Å². The smallest absolute Gasteiger partial charge is 0.264 e. The molecule has 0 spiro atoms. The Morgan fingerprint density at radius 2 is 1.96 bits per heavy atom. The highest BCUT2D eigenvalue weighted by Crippen LogP contribution is 2.38. The Kier molecular flexibility index (Phi) is 6.31. The van der Waals surface area contributed by atoms with Gasteiger partial charge in [-0.2, -0.15) is 0 Å². The van der Waals surface area contributed by atoms with E-state index in [-0.39, 0.29) is 5.91 Å². The summed E-state index contributed by atoms with van der Waals surface area (Å²) in [6, 6.07) is 9.53. The molecule has 5 nitrogen and oxygen atoms in total. The number of methoxy groups -OCH3 is 1. The maximum absolute atomic E-state index is 12.4. The minimum atomic E-state index is -0.195. The highest BCUT2D eigenvalue weighted by atomic mass is 35.5. The van der Waals surface area contributed by atoms with Gasteiger partial charge in [-0.15, -0.1) is 0 Å². The van der Waals surface area contributed by atoms with Crippen molar-refractivity contribution < 1.29 is 14.3 Å². The normalized spacial score (nSPS) is 16.5. The summed E-state index contributed by atoms with van der Waals surface area (Å²) < 4.78 is 10.9. The van der Waals surface area contributed by atoms with Gasteiger partial charge >= 0.3 is 0 Å². The Morgan fingerprint density at radius 3 is 2.61 bits per heavy atom. The Bertz CT molecular complexity index is 966. The number of aryl methyl sites for hydroxylation is 2. The molecule has 1 N–H and O–H groups in total. The number of nitrogens with one attached hydrogen (secondary N) is 1. The molecule has 2 aromatic rings. The molecule has 2 aromatic carbocycles. The Balaban J connectivity index is 1.92. The van der Waals surface area contributed by atoms with Gasteiger partial charge in [-0.05, 0) is 67.4 Å². The van der Waals surface area contributed by atoms with Gasteiger partial charge < -0.3 is 14.8 Å². The quantitative estimate of drug-likeness (QED) is 0.675. The fraction of sp³-hybridized carbons (Fsp3) is 0.238. The van der Waals surface area contributed by atoms with Gasteiger partial charge in [0, 0.05) is 0 Å². The molecule has 1 fully saturated rings. The summed E-state index contributed by atoms with van der Waals surface area (Å²) in [4.78, 5) is 17.6. The number of amides is 1. The van der Waals surface area contributed by atoms with E-state index in [4.69, 9.17) is 21.1 Å². The number of rotatable bonds is 5. The van der Waals surface area contributed by atoms with E-state index in [2.05, 4.69) is 10.3 Å². The van der Waals surface area contributed by atoms with Crippen LogP contribution in [0.15, 0.2) is 40.2 Å². The average molecular weight is 417 g/mol. The first-order valence-corrected chi connectivity index (χ1v) is 9.98. The first-order valence-electron chi connectivity index (χ1n) is 8.79. The van der Waals surface area contributed by atoms with Crippen molar-refractivity contribution in [1.82, 2.24) is 5.32 Å². The van der Waals surface area contributed by atoms with Crippen molar-refractivity contribution in [1.29, 1.82) is 0 Å². The summed E-state index contributed by atoms with van der Waals surface area (Å²) in [5.41, 5.74) is 3.74. The molecule has 1 saturated heterocycles. The summed E-state index contributed by atoms with van der Waals surface area (Å²) in [6.45, 7) is 6.36. The zero-order chi connectivity index (χ0) is 20.3. The van der Waals surface area contributed by atoms with Crippen molar-refractivity contribution in [2.24, 2.45) is 4.99 Å². The van der Waals surface area contributed by atoms with Crippen LogP contribution in [0, 0.1) is 13.8 Å². The highest BCUT2D eigenvalue weighted by molar-refractivity contribution is 8.18. The van der Waals surface area contributed by atoms with Crippen molar-refractivity contribution >= 4 is 46.2 Å². The number of hydrogen-bond donors (Lipinski definition) is 1. The van der Waals surface area contributed by atoms with Crippen LogP contribution in [0.1, 0.15) is 23.6 Å². The number of carbonyl (C=O) groups excluding carboxylic acids is 1. The number of aliphatic imine (C=N–C) groups is 1. The summed E-state index contributed by atoms with van der Waals surface area (Å²) >= 11 is 7.59. The van der Waals surface area contributed by atoms with Crippen molar-refractivity contribution in [2.45, 2.75) is 20.8 Å². The van der Waals surface area contributed by atoms with Crippen molar-refractivity contribution in [3.63, 3.8) is 0 Å². The molecule has 0 aromatic heterocycles. The minimum Gasteiger partial charge on any atom is -0.491 e. The number of benzene rings is 2. The number of thioether (sulfide) groups is 1. The van der Waals surface area contributed by atoms with Crippen LogP contribution in [0.4, 0.5) is 5.69 Å². The largest absolute Gasteiger partial charge is 0.491 e. The molecule has 0 aliphatic carbocycles. The van der Waals surface area contributed by atoms with E-state index in [9.17, 15) is 4.79 Å². The number of carbonyl (C=O) groups is 1. The summed E-state index contributed by atoms with van der Waals surface area (Å²) in [6.07, 6.45) is 1.76. The molecular weight excluding hydrogens is 396 g/mol. The van der Waals surface area contributed by atoms with Gasteiger partial charge in [0.15, 0.2) is 16.7 Å². The highest BCUT2D eigenvalue weighted by Gasteiger charge is 2.24. The lowest BCUT2D eigenvalue weighted by atomic mass is 10.1. The molecule has 3 rings (SSSR count). The van der Waals surface area contributed by atoms with Gasteiger partial charge in [-0.25, -0.2) is 4.99 Å². The first kappa shape index (κ1) is 20.3. The maximum atomic E-state index is 12.4. The van der Waals surface area contributed by atoms with Crippen molar-refractivity contribution in [3.8, 4) is 11.5 Å². The van der Waals surface area contributed by atoms with Crippen LogP contribution in [-0.2, 0) is 4.79 Å². The second kappa shape index (κ2) is 8.71. The molecule has 0 atom stereocenters. The molecule has 0 bridgehead atoms. The average Bonchev–Trinajstić information content (AvgIpc) is 2.98. The third-order valence-electron chi connectivity index (χ3n) is 4.14. The molecule has 1 amide bonds. The number of amidine groups is 1. The van der Waals surface area contributed by atoms with Crippen LogP contribution < -0.4 is 14.8 Å². The SMILES string of the molecule is CCOc1cc(C=C2SC(=Nc3c(C)cccc3C)NC2=O)cc(Cl)c1OC. The molecule has 7 heteroatoms. The molecule has 0 saturated carbocycles. The lowest BCUT2D eigenvalue weighted by Gasteiger charge is -2.11. The van der Waals surface area contributed by atoms with Crippen LogP contribution in [0.2, 0.25) is 5.02 Å². The van der Waals surface area contributed by atoms with Gasteiger partial charge in [-0.3, -0.25) is 4.79 Å². The molecular formula is C21H21ClN2O3S. The molecule has 1 heterocycles. The van der Waals surface area contributed by atoms with Crippen LogP contribution in [0.3, 0.4) is 0 Å². The van der Waals surface area contributed by atoms with Gasteiger partial charge in [0.05, 0.1) is 29.3 Å². The molecule has 0 unspecified atom stereocenters. The molecule has 146 valence electrons. The first-order chi connectivity index (χ1) is 13.4. The Morgan fingerprint density at radius 1 is 1.25 bits per heavy atom. The Labute approximate surface area is 173 Å². The maximum Gasteiger partial charge on any atom is 0.264 e. The van der Waals surface area contributed by atoms with Gasteiger partial charge in [0.25, 0.3) is 5.91 Å². The predicted molar refractivity (Wildman–Crippen MR) is 116 cm³/mol. The van der Waals surface area contributed by atoms with Crippen LogP contribution in [0.25, 0.3) is 6.08 Å². The van der Waals surface area contributed by atoms with Crippen molar-refractivity contribution in [3.05, 3.63) is 56.9 Å². The third kappa shape index (κ3) is 4.34. The minimum absolute atomic E-state index is 0.195.